The van der Waals surface area contributed by atoms with Crippen LogP contribution in [0.25, 0.3) is 0 Å². The van der Waals surface area contributed by atoms with Crippen LogP contribution < -0.4 is 5.32 Å². The Morgan fingerprint density at radius 2 is 2.00 bits per heavy atom. The maximum absolute atomic E-state index is 12.5. The molecular weight excluding hydrogens is 268 g/mol. The number of para-hydroxylation sites is 1. The zero-order chi connectivity index (χ0) is 16.2. The molecular formula is C16H22N2O3. The number of amides is 2. The van der Waals surface area contributed by atoms with Crippen molar-refractivity contribution in [1.29, 1.82) is 0 Å². The fourth-order valence-corrected chi connectivity index (χ4v) is 1.98. The fourth-order valence-electron chi connectivity index (χ4n) is 1.98. The van der Waals surface area contributed by atoms with Gasteiger partial charge in [-0.15, -0.1) is 6.58 Å². The number of carboxylic acid groups (broad SMARTS) is 1. The lowest BCUT2D eigenvalue weighted by molar-refractivity contribution is 0.0698. The number of anilines is 1. The summed E-state index contributed by atoms with van der Waals surface area (Å²) in [7, 11) is 0. The van der Waals surface area contributed by atoms with Crippen LogP contribution in [0, 0.1) is 6.92 Å². The topological polar surface area (TPSA) is 69.6 Å². The highest BCUT2D eigenvalue weighted by Gasteiger charge is 2.26. The van der Waals surface area contributed by atoms with Crippen LogP contribution in [0.15, 0.2) is 30.9 Å². The molecule has 2 N–H and O–H groups in total. The van der Waals surface area contributed by atoms with Crippen molar-refractivity contribution in [1.82, 2.24) is 4.90 Å². The number of rotatable bonds is 4. The minimum Gasteiger partial charge on any atom is -0.478 e. The van der Waals surface area contributed by atoms with Gasteiger partial charge in [0.2, 0.25) is 0 Å². The largest absolute Gasteiger partial charge is 0.478 e. The molecule has 1 aromatic rings. The number of carbonyl (C=O) groups excluding carboxylic acids is 1. The summed E-state index contributed by atoms with van der Waals surface area (Å²) in [6, 6.07) is 4.54. The SMILES string of the molecule is C=CCN(C(=O)Nc1c(C)cccc1C(=O)O)C(C)(C)C. The lowest BCUT2D eigenvalue weighted by atomic mass is 10.1. The van der Waals surface area contributed by atoms with Crippen LogP contribution in [0.4, 0.5) is 10.5 Å². The smallest absolute Gasteiger partial charge is 0.337 e. The van der Waals surface area contributed by atoms with E-state index in [0.717, 1.165) is 0 Å². The van der Waals surface area contributed by atoms with Gasteiger partial charge < -0.3 is 15.3 Å². The Balaban J connectivity index is 3.13. The van der Waals surface area contributed by atoms with Gasteiger partial charge in [-0.3, -0.25) is 0 Å². The zero-order valence-electron chi connectivity index (χ0n) is 12.9. The molecule has 0 radical (unpaired) electrons. The standard InChI is InChI=1S/C16H22N2O3/c1-6-10-18(16(3,4)5)15(21)17-13-11(2)8-7-9-12(13)14(19)20/h6-9H,1,10H2,2-5H3,(H,17,21)(H,19,20). The number of carboxylic acids is 1. The highest BCUT2D eigenvalue weighted by molar-refractivity contribution is 6.01. The van der Waals surface area contributed by atoms with Crippen LogP contribution in [-0.2, 0) is 0 Å². The summed E-state index contributed by atoms with van der Waals surface area (Å²) in [4.78, 5) is 25.3. The molecule has 0 aliphatic carbocycles. The van der Waals surface area contributed by atoms with Crippen molar-refractivity contribution in [2.24, 2.45) is 0 Å². The molecule has 0 aliphatic heterocycles. The van der Waals surface area contributed by atoms with Crippen LogP contribution in [0.1, 0.15) is 36.7 Å². The van der Waals surface area contributed by atoms with Gasteiger partial charge in [0.05, 0.1) is 11.3 Å². The molecule has 0 spiro atoms. The number of nitrogens with one attached hydrogen (secondary N) is 1. The molecule has 0 heterocycles. The zero-order valence-corrected chi connectivity index (χ0v) is 12.9. The molecule has 1 aromatic carbocycles. The number of hydrogen-bond donors (Lipinski definition) is 2. The van der Waals surface area contributed by atoms with E-state index >= 15 is 0 Å². The molecule has 5 nitrogen and oxygen atoms in total. The van der Waals surface area contributed by atoms with Crippen molar-refractivity contribution >= 4 is 17.7 Å². The second kappa shape index (κ2) is 6.43. The first-order valence-corrected chi connectivity index (χ1v) is 6.71. The Morgan fingerprint density at radius 3 is 2.48 bits per heavy atom. The quantitative estimate of drug-likeness (QED) is 0.834. The molecule has 0 aromatic heterocycles. The Morgan fingerprint density at radius 1 is 1.38 bits per heavy atom. The molecule has 0 saturated heterocycles. The highest BCUT2D eigenvalue weighted by atomic mass is 16.4. The van der Waals surface area contributed by atoms with E-state index in [2.05, 4.69) is 11.9 Å². The first kappa shape index (κ1) is 16.8. The molecule has 5 heteroatoms. The van der Waals surface area contributed by atoms with E-state index in [1.807, 2.05) is 20.8 Å². The van der Waals surface area contributed by atoms with Crippen molar-refractivity contribution in [3.05, 3.63) is 42.0 Å². The van der Waals surface area contributed by atoms with E-state index in [9.17, 15) is 14.7 Å². The lowest BCUT2D eigenvalue weighted by Crippen LogP contribution is -2.48. The Labute approximate surface area is 125 Å². The third-order valence-electron chi connectivity index (χ3n) is 3.10. The Kier molecular flexibility index (Phi) is 5.13. The van der Waals surface area contributed by atoms with Crippen molar-refractivity contribution in [3.8, 4) is 0 Å². The normalized spacial score (nSPS) is 10.9. The van der Waals surface area contributed by atoms with Crippen LogP contribution >= 0.6 is 0 Å². The van der Waals surface area contributed by atoms with Crippen molar-refractivity contribution in [2.75, 3.05) is 11.9 Å². The summed E-state index contributed by atoms with van der Waals surface area (Å²) in [5.74, 6) is -1.07. The highest BCUT2D eigenvalue weighted by Crippen LogP contribution is 2.22. The molecule has 21 heavy (non-hydrogen) atoms. The number of urea groups is 1. The van der Waals surface area contributed by atoms with Gasteiger partial charge in [0, 0.05) is 12.1 Å². The van der Waals surface area contributed by atoms with Crippen LogP contribution in [0.2, 0.25) is 0 Å². The molecule has 114 valence electrons. The molecule has 2 amide bonds. The Bertz CT molecular complexity index is 559. The molecule has 0 fully saturated rings. The van der Waals surface area contributed by atoms with Crippen LogP contribution in [0.3, 0.4) is 0 Å². The van der Waals surface area contributed by atoms with Gasteiger partial charge in [0.1, 0.15) is 0 Å². The third-order valence-corrected chi connectivity index (χ3v) is 3.10. The van der Waals surface area contributed by atoms with Crippen molar-refractivity contribution in [2.45, 2.75) is 33.2 Å². The van der Waals surface area contributed by atoms with Gasteiger partial charge in [-0.2, -0.15) is 0 Å². The number of aryl methyl sites for hydroxylation is 1. The molecule has 1 rings (SSSR count). The fraction of sp³-hybridized carbons (Fsp3) is 0.375. The minimum absolute atomic E-state index is 0.0795. The van der Waals surface area contributed by atoms with E-state index < -0.39 is 11.5 Å². The second-order valence-corrected chi connectivity index (χ2v) is 5.80. The van der Waals surface area contributed by atoms with Gasteiger partial charge >= 0.3 is 12.0 Å². The van der Waals surface area contributed by atoms with Gasteiger partial charge in [0.15, 0.2) is 0 Å². The summed E-state index contributed by atoms with van der Waals surface area (Å²) >= 11 is 0. The van der Waals surface area contributed by atoms with E-state index in [1.165, 1.54) is 6.07 Å². The average Bonchev–Trinajstić information content (AvgIpc) is 2.36. The second-order valence-electron chi connectivity index (χ2n) is 5.80. The van der Waals surface area contributed by atoms with Crippen molar-refractivity contribution < 1.29 is 14.7 Å². The van der Waals surface area contributed by atoms with Gasteiger partial charge in [-0.1, -0.05) is 18.2 Å². The van der Waals surface area contributed by atoms with Gasteiger partial charge in [-0.05, 0) is 39.3 Å². The number of carbonyl (C=O) groups is 2. The van der Waals surface area contributed by atoms with Crippen molar-refractivity contribution in [3.63, 3.8) is 0 Å². The van der Waals surface area contributed by atoms with E-state index in [-0.39, 0.29) is 11.6 Å². The van der Waals surface area contributed by atoms with Crippen LogP contribution in [-0.4, -0.2) is 34.1 Å². The first-order valence-electron chi connectivity index (χ1n) is 6.71. The number of hydrogen-bond acceptors (Lipinski definition) is 2. The predicted molar refractivity (Wildman–Crippen MR) is 83.8 cm³/mol. The average molecular weight is 290 g/mol. The first-order chi connectivity index (χ1) is 9.68. The lowest BCUT2D eigenvalue weighted by Gasteiger charge is -2.35. The van der Waals surface area contributed by atoms with Crippen LogP contribution in [0.5, 0.6) is 0 Å². The summed E-state index contributed by atoms with van der Waals surface area (Å²) < 4.78 is 0. The summed E-state index contributed by atoms with van der Waals surface area (Å²) in [6.07, 6.45) is 1.64. The van der Waals surface area contributed by atoms with E-state index in [4.69, 9.17) is 0 Å². The number of nitrogens with zero attached hydrogens (tertiary/aromatic N) is 1. The maximum Gasteiger partial charge on any atom is 0.337 e. The Hall–Kier alpha value is -2.30. The molecule has 0 saturated carbocycles. The van der Waals surface area contributed by atoms with Gasteiger partial charge in [-0.25, -0.2) is 9.59 Å². The monoisotopic (exact) mass is 290 g/mol. The van der Waals surface area contributed by atoms with Gasteiger partial charge in [0.25, 0.3) is 0 Å². The summed E-state index contributed by atoms with van der Waals surface area (Å²) in [6.45, 7) is 11.5. The molecule has 0 atom stereocenters. The molecule has 0 aliphatic rings. The maximum atomic E-state index is 12.5. The number of benzene rings is 1. The summed E-state index contributed by atoms with van der Waals surface area (Å²) in [5.41, 5.74) is 0.712. The molecule has 0 bridgehead atoms. The molecule has 0 unspecified atom stereocenters. The number of aromatic carboxylic acids is 1. The van der Waals surface area contributed by atoms with E-state index in [0.29, 0.717) is 17.8 Å². The predicted octanol–water partition coefficient (Wildman–Crippen LogP) is 3.51. The van der Waals surface area contributed by atoms with E-state index in [1.54, 1.807) is 30.0 Å². The third kappa shape index (κ3) is 4.08. The minimum atomic E-state index is -1.07. The summed E-state index contributed by atoms with van der Waals surface area (Å²) in [5, 5.41) is 11.9.